The highest BCUT2D eigenvalue weighted by atomic mass is 16.1. The number of ketones is 1. The second-order valence-electron chi connectivity index (χ2n) is 6.49. The Hall–Kier alpha value is -3.21. The SMILES string of the molecule is CCc1ccc(CCC(=O)Nc2ccc(C(=O)c3nccn3C)cc2)cc1. The average molecular weight is 361 g/mol. The Balaban J connectivity index is 1.55. The third kappa shape index (κ3) is 4.70. The first-order valence-corrected chi connectivity index (χ1v) is 9.06. The number of nitrogens with one attached hydrogen (secondary N) is 1. The fourth-order valence-electron chi connectivity index (χ4n) is 2.84. The minimum atomic E-state index is -0.143. The van der Waals surface area contributed by atoms with Crippen LogP contribution in [0.2, 0.25) is 0 Å². The Labute approximate surface area is 159 Å². The first kappa shape index (κ1) is 18.6. The van der Waals surface area contributed by atoms with Gasteiger partial charge < -0.3 is 9.88 Å². The van der Waals surface area contributed by atoms with E-state index in [1.807, 2.05) is 0 Å². The van der Waals surface area contributed by atoms with E-state index in [2.05, 4.69) is 41.5 Å². The third-order valence-corrected chi connectivity index (χ3v) is 4.53. The predicted molar refractivity (Wildman–Crippen MR) is 106 cm³/mol. The Morgan fingerprint density at radius 1 is 1.00 bits per heavy atom. The molecule has 0 bridgehead atoms. The van der Waals surface area contributed by atoms with Crippen LogP contribution < -0.4 is 5.32 Å². The van der Waals surface area contributed by atoms with Crippen molar-refractivity contribution >= 4 is 17.4 Å². The average Bonchev–Trinajstić information content (AvgIpc) is 3.12. The number of aromatic nitrogens is 2. The Morgan fingerprint density at radius 3 is 2.26 bits per heavy atom. The molecule has 138 valence electrons. The van der Waals surface area contributed by atoms with E-state index in [-0.39, 0.29) is 11.7 Å². The number of imidazole rings is 1. The second kappa shape index (κ2) is 8.45. The van der Waals surface area contributed by atoms with Gasteiger partial charge in [0.25, 0.3) is 0 Å². The summed E-state index contributed by atoms with van der Waals surface area (Å²) in [6, 6.07) is 15.2. The number of nitrogens with zero attached hydrogens (tertiary/aromatic N) is 2. The number of hydrogen-bond donors (Lipinski definition) is 1. The molecule has 27 heavy (non-hydrogen) atoms. The van der Waals surface area contributed by atoms with Gasteiger partial charge >= 0.3 is 0 Å². The highest BCUT2D eigenvalue weighted by Gasteiger charge is 2.13. The van der Waals surface area contributed by atoms with Gasteiger partial charge in [0, 0.05) is 37.1 Å². The molecular weight excluding hydrogens is 338 g/mol. The zero-order valence-electron chi connectivity index (χ0n) is 15.6. The summed E-state index contributed by atoms with van der Waals surface area (Å²) in [5.74, 6) is 0.203. The molecule has 5 heteroatoms. The molecule has 2 aromatic carbocycles. The van der Waals surface area contributed by atoms with Gasteiger partial charge in [0.05, 0.1) is 0 Å². The zero-order valence-corrected chi connectivity index (χ0v) is 15.6. The highest BCUT2D eigenvalue weighted by molar-refractivity contribution is 6.07. The van der Waals surface area contributed by atoms with E-state index in [1.165, 1.54) is 5.56 Å². The molecule has 1 N–H and O–H groups in total. The van der Waals surface area contributed by atoms with Crippen molar-refractivity contribution in [2.75, 3.05) is 5.32 Å². The summed E-state index contributed by atoms with van der Waals surface area (Å²) < 4.78 is 1.69. The smallest absolute Gasteiger partial charge is 0.228 e. The summed E-state index contributed by atoms with van der Waals surface area (Å²) in [6.45, 7) is 2.12. The molecule has 0 fully saturated rings. The molecule has 0 aliphatic rings. The topological polar surface area (TPSA) is 64.0 Å². The number of aryl methyl sites for hydroxylation is 3. The van der Waals surface area contributed by atoms with Crippen molar-refractivity contribution in [3.8, 4) is 0 Å². The molecule has 1 amide bonds. The quantitative estimate of drug-likeness (QED) is 0.651. The molecular formula is C22H23N3O2. The molecule has 0 aliphatic carbocycles. The van der Waals surface area contributed by atoms with E-state index in [4.69, 9.17) is 0 Å². The Kier molecular flexibility index (Phi) is 5.81. The lowest BCUT2D eigenvalue weighted by Gasteiger charge is -2.07. The Morgan fingerprint density at radius 2 is 1.67 bits per heavy atom. The number of carbonyl (C=O) groups is 2. The highest BCUT2D eigenvalue weighted by Crippen LogP contribution is 2.14. The summed E-state index contributed by atoms with van der Waals surface area (Å²) in [5, 5.41) is 2.88. The van der Waals surface area contributed by atoms with Crippen LogP contribution >= 0.6 is 0 Å². The van der Waals surface area contributed by atoms with E-state index < -0.39 is 0 Å². The van der Waals surface area contributed by atoms with E-state index in [9.17, 15) is 9.59 Å². The van der Waals surface area contributed by atoms with E-state index in [0.717, 1.165) is 12.0 Å². The summed E-state index contributed by atoms with van der Waals surface area (Å²) >= 11 is 0. The third-order valence-electron chi connectivity index (χ3n) is 4.53. The molecule has 1 aromatic heterocycles. The largest absolute Gasteiger partial charge is 0.331 e. The molecule has 0 saturated heterocycles. The first-order valence-electron chi connectivity index (χ1n) is 9.06. The number of carbonyl (C=O) groups excluding carboxylic acids is 2. The van der Waals surface area contributed by atoms with Crippen LogP contribution in [0.3, 0.4) is 0 Å². The standard InChI is InChI=1S/C22H23N3O2/c1-3-16-4-6-17(7-5-16)8-13-20(26)24-19-11-9-18(10-12-19)21(27)22-23-14-15-25(22)2/h4-7,9-12,14-15H,3,8,13H2,1-2H3,(H,24,26). The molecule has 1 heterocycles. The molecule has 0 unspecified atom stereocenters. The molecule has 3 rings (SSSR count). The lowest BCUT2D eigenvalue weighted by atomic mass is 10.1. The van der Waals surface area contributed by atoms with Crippen molar-refractivity contribution in [2.24, 2.45) is 7.05 Å². The van der Waals surface area contributed by atoms with Crippen molar-refractivity contribution in [1.29, 1.82) is 0 Å². The summed E-state index contributed by atoms with van der Waals surface area (Å²) in [4.78, 5) is 28.6. The van der Waals surface area contributed by atoms with Gasteiger partial charge in [-0.05, 0) is 48.2 Å². The van der Waals surface area contributed by atoms with Gasteiger partial charge in [0.1, 0.15) is 0 Å². The van der Waals surface area contributed by atoms with Gasteiger partial charge in [-0.1, -0.05) is 31.2 Å². The van der Waals surface area contributed by atoms with Crippen LogP contribution in [-0.2, 0) is 24.7 Å². The van der Waals surface area contributed by atoms with Crippen LogP contribution in [0.4, 0.5) is 5.69 Å². The summed E-state index contributed by atoms with van der Waals surface area (Å²) in [7, 11) is 1.78. The summed E-state index contributed by atoms with van der Waals surface area (Å²) in [5.41, 5.74) is 3.66. The van der Waals surface area contributed by atoms with Crippen LogP contribution in [0.1, 0.15) is 40.7 Å². The minimum Gasteiger partial charge on any atom is -0.331 e. The van der Waals surface area contributed by atoms with Gasteiger partial charge in [-0.2, -0.15) is 0 Å². The van der Waals surface area contributed by atoms with Crippen molar-refractivity contribution in [2.45, 2.75) is 26.2 Å². The fraction of sp³-hybridized carbons (Fsp3) is 0.227. The predicted octanol–water partition coefficient (Wildman–Crippen LogP) is 3.78. The lowest BCUT2D eigenvalue weighted by Crippen LogP contribution is -2.13. The van der Waals surface area contributed by atoms with Crippen molar-refractivity contribution in [3.05, 3.63) is 83.4 Å². The number of amides is 1. The van der Waals surface area contributed by atoms with Crippen molar-refractivity contribution in [1.82, 2.24) is 9.55 Å². The molecule has 3 aromatic rings. The van der Waals surface area contributed by atoms with Crippen LogP contribution in [0, 0.1) is 0 Å². The van der Waals surface area contributed by atoms with Gasteiger partial charge in [-0.25, -0.2) is 4.98 Å². The molecule has 0 atom stereocenters. The van der Waals surface area contributed by atoms with Gasteiger partial charge in [-0.3, -0.25) is 9.59 Å². The van der Waals surface area contributed by atoms with Gasteiger partial charge in [0.2, 0.25) is 11.7 Å². The first-order chi connectivity index (χ1) is 13.1. The van der Waals surface area contributed by atoms with E-state index >= 15 is 0 Å². The maximum absolute atomic E-state index is 12.4. The monoisotopic (exact) mass is 361 g/mol. The zero-order chi connectivity index (χ0) is 19.2. The maximum Gasteiger partial charge on any atom is 0.228 e. The van der Waals surface area contributed by atoms with Crippen LogP contribution in [0.5, 0.6) is 0 Å². The van der Waals surface area contributed by atoms with Gasteiger partial charge in [0.15, 0.2) is 5.82 Å². The minimum absolute atomic E-state index is 0.0438. The fourth-order valence-corrected chi connectivity index (χ4v) is 2.84. The van der Waals surface area contributed by atoms with Crippen molar-refractivity contribution in [3.63, 3.8) is 0 Å². The number of benzene rings is 2. The Bertz CT molecular complexity index is 925. The second-order valence-corrected chi connectivity index (χ2v) is 6.49. The number of hydrogen-bond acceptors (Lipinski definition) is 3. The van der Waals surface area contributed by atoms with Crippen LogP contribution in [-0.4, -0.2) is 21.2 Å². The van der Waals surface area contributed by atoms with Crippen molar-refractivity contribution < 1.29 is 9.59 Å². The molecule has 0 saturated carbocycles. The molecule has 0 aliphatic heterocycles. The maximum atomic E-state index is 12.4. The lowest BCUT2D eigenvalue weighted by molar-refractivity contribution is -0.116. The normalized spacial score (nSPS) is 10.6. The molecule has 0 spiro atoms. The number of rotatable bonds is 7. The molecule has 5 nitrogen and oxygen atoms in total. The molecule has 0 radical (unpaired) electrons. The van der Waals surface area contributed by atoms with E-state index in [0.29, 0.717) is 29.9 Å². The van der Waals surface area contributed by atoms with Gasteiger partial charge in [-0.15, -0.1) is 0 Å². The number of anilines is 1. The van der Waals surface area contributed by atoms with Crippen LogP contribution in [0.25, 0.3) is 0 Å². The van der Waals surface area contributed by atoms with E-state index in [1.54, 1.807) is 48.3 Å². The summed E-state index contributed by atoms with van der Waals surface area (Å²) in [6.07, 6.45) is 5.46. The van der Waals surface area contributed by atoms with Crippen LogP contribution in [0.15, 0.2) is 60.9 Å².